The topological polar surface area (TPSA) is 63.1 Å². The highest BCUT2D eigenvalue weighted by Gasteiger charge is 2.16. The number of likely N-dealkylation sites (tertiary alicyclic amines) is 1. The number of aromatic nitrogens is 3. The van der Waals surface area contributed by atoms with Crippen LogP contribution in [0.15, 0.2) is 6.20 Å². The molecular formula is C11H19N5O. The number of hydrogen-bond donors (Lipinski definition) is 1. The van der Waals surface area contributed by atoms with Gasteiger partial charge in [-0.05, 0) is 12.8 Å². The fourth-order valence-corrected chi connectivity index (χ4v) is 2.01. The quantitative estimate of drug-likeness (QED) is 0.727. The van der Waals surface area contributed by atoms with Crippen molar-refractivity contribution in [2.45, 2.75) is 25.8 Å². The highest BCUT2D eigenvalue weighted by Crippen LogP contribution is 2.08. The van der Waals surface area contributed by atoms with Gasteiger partial charge in [0.1, 0.15) is 0 Å². The van der Waals surface area contributed by atoms with Gasteiger partial charge in [0.05, 0.1) is 5.69 Å². The van der Waals surface area contributed by atoms with Gasteiger partial charge in [-0.1, -0.05) is 5.21 Å². The van der Waals surface area contributed by atoms with Crippen LogP contribution in [-0.2, 0) is 18.4 Å². The Bertz CT molecular complexity index is 370. The van der Waals surface area contributed by atoms with E-state index >= 15 is 0 Å². The van der Waals surface area contributed by atoms with Crippen LogP contribution in [0, 0.1) is 0 Å². The molecule has 1 aliphatic rings. The van der Waals surface area contributed by atoms with Crippen molar-refractivity contribution in [2.75, 3.05) is 19.6 Å². The standard InChI is InChI=1S/C11H19N5O/c1-15-9-10(13-14-15)8-12-5-4-11(17)16-6-2-3-7-16/h9,12H,2-8H2,1H3. The number of amides is 1. The average Bonchev–Trinajstić information content (AvgIpc) is 2.95. The molecule has 0 atom stereocenters. The van der Waals surface area contributed by atoms with Crippen molar-refractivity contribution in [3.8, 4) is 0 Å². The molecule has 2 rings (SSSR count). The van der Waals surface area contributed by atoms with E-state index in [0.717, 1.165) is 31.6 Å². The Morgan fingerprint density at radius 2 is 2.24 bits per heavy atom. The first-order valence-electron chi connectivity index (χ1n) is 6.09. The van der Waals surface area contributed by atoms with Crippen LogP contribution < -0.4 is 5.32 Å². The van der Waals surface area contributed by atoms with E-state index in [9.17, 15) is 4.79 Å². The van der Waals surface area contributed by atoms with Crippen LogP contribution in [0.3, 0.4) is 0 Å². The van der Waals surface area contributed by atoms with Crippen molar-refractivity contribution in [1.82, 2.24) is 25.2 Å². The van der Waals surface area contributed by atoms with Crippen molar-refractivity contribution in [3.63, 3.8) is 0 Å². The predicted molar refractivity (Wildman–Crippen MR) is 63.1 cm³/mol. The van der Waals surface area contributed by atoms with Gasteiger partial charge in [-0.15, -0.1) is 5.10 Å². The Morgan fingerprint density at radius 1 is 1.47 bits per heavy atom. The number of nitrogens with zero attached hydrogens (tertiary/aromatic N) is 4. The molecule has 0 bridgehead atoms. The van der Waals surface area contributed by atoms with Crippen molar-refractivity contribution >= 4 is 5.91 Å². The summed E-state index contributed by atoms with van der Waals surface area (Å²) < 4.78 is 1.67. The lowest BCUT2D eigenvalue weighted by atomic mass is 10.3. The fraction of sp³-hybridized carbons (Fsp3) is 0.727. The Morgan fingerprint density at radius 3 is 2.88 bits per heavy atom. The molecule has 1 aromatic heterocycles. The third-order valence-corrected chi connectivity index (χ3v) is 2.93. The summed E-state index contributed by atoms with van der Waals surface area (Å²) in [6, 6.07) is 0. The molecule has 1 aromatic rings. The maximum absolute atomic E-state index is 11.7. The maximum atomic E-state index is 11.7. The van der Waals surface area contributed by atoms with Gasteiger partial charge in [0, 0.05) is 45.8 Å². The van der Waals surface area contributed by atoms with E-state index in [2.05, 4.69) is 15.6 Å². The summed E-state index contributed by atoms with van der Waals surface area (Å²) in [5.41, 5.74) is 0.904. The zero-order valence-corrected chi connectivity index (χ0v) is 10.2. The molecule has 0 saturated carbocycles. The SMILES string of the molecule is Cn1cc(CNCCC(=O)N2CCCC2)nn1. The maximum Gasteiger partial charge on any atom is 0.223 e. The van der Waals surface area contributed by atoms with Crippen LogP contribution in [0.4, 0.5) is 0 Å². The van der Waals surface area contributed by atoms with Crippen molar-refractivity contribution in [1.29, 1.82) is 0 Å². The molecule has 0 aliphatic carbocycles. The van der Waals surface area contributed by atoms with Crippen molar-refractivity contribution in [2.24, 2.45) is 7.05 Å². The summed E-state index contributed by atoms with van der Waals surface area (Å²) in [5, 5.41) is 11.0. The van der Waals surface area contributed by atoms with Crippen LogP contribution in [0.25, 0.3) is 0 Å². The number of carbonyl (C=O) groups excluding carboxylic acids is 1. The third-order valence-electron chi connectivity index (χ3n) is 2.93. The van der Waals surface area contributed by atoms with Crippen molar-refractivity contribution in [3.05, 3.63) is 11.9 Å². The lowest BCUT2D eigenvalue weighted by molar-refractivity contribution is -0.130. The number of aryl methyl sites for hydroxylation is 1. The normalized spacial score (nSPS) is 15.5. The van der Waals surface area contributed by atoms with Crippen LogP contribution in [0.1, 0.15) is 25.0 Å². The summed E-state index contributed by atoms with van der Waals surface area (Å²) >= 11 is 0. The molecule has 17 heavy (non-hydrogen) atoms. The first kappa shape index (κ1) is 12.0. The molecule has 0 radical (unpaired) electrons. The number of hydrogen-bond acceptors (Lipinski definition) is 4. The van der Waals surface area contributed by atoms with Crippen molar-refractivity contribution < 1.29 is 4.79 Å². The fourth-order valence-electron chi connectivity index (χ4n) is 2.01. The van der Waals surface area contributed by atoms with Gasteiger partial charge in [0.25, 0.3) is 0 Å². The van der Waals surface area contributed by atoms with Gasteiger partial charge in [-0.2, -0.15) is 0 Å². The molecule has 1 fully saturated rings. The van der Waals surface area contributed by atoms with Gasteiger partial charge in [0.15, 0.2) is 0 Å². The minimum Gasteiger partial charge on any atom is -0.343 e. The summed E-state index contributed by atoms with van der Waals surface area (Å²) in [4.78, 5) is 13.7. The Kier molecular flexibility index (Phi) is 4.08. The minimum atomic E-state index is 0.258. The first-order chi connectivity index (χ1) is 8.25. The van der Waals surface area contributed by atoms with Gasteiger partial charge in [0.2, 0.25) is 5.91 Å². The summed E-state index contributed by atoms with van der Waals surface area (Å²) in [5.74, 6) is 0.258. The molecule has 1 saturated heterocycles. The second kappa shape index (κ2) is 5.77. The Labute approximate surface area is 101 Å². The molecule has 0 unspecified atom stereocenters. The molecule has 0 spiro atoms. The molecule has 6 nitrogen and oxygen atoms in total. The highest BCUT2D eigenvalue weighted by atomic mass is 16.2. The van der Waals surface area contributed by atoms with Gasteiger partial charge in [-0.3, -0.25) is 9.48 Å². The second-order valence-electron chi connectivity index (χ2n) is 4.40. The molecule has 0 aromatic carbocycles. The number of nitrogens with one attached hydrogen (secondary N) is 1. The average molecular weight is 237 g/mol. The zero-order chi connectivity index (χ0) is 12.1. The van der Waals surface area contributed by atoms with E-state index < -0.39 is 0 Å². The largest absolute Gasteiger partial charge is 0.343 e. The molecular weight excluding hydrogens is 218 g/mol. The molecule has 94 valence electrons. The highest BCUT2D eigenvalue weighted by molar-refractivity contribution is 5.76. The summed E-state index contributed by atoms with van der Waals surface area (Å²) in [6.07, 6.45) is 4.74. The van der Waals surface area contributed by atoms with Crippen LogP contribution >= 0.6 is 0 Å². The number of carbonyl (C=O) groups is 1. The van der Waals surface area contributed by atoms with Crippen LogP contribution in [0.2, 0.25) is 0 Å². The third kappa shape index (κ3) is 3.52. The van der Waals surface area contributed by atoms with E-state index in [0.29, 0.717) is 19.5 Å². The zero-order valence-electron chi connectivity index (χ0n) is 10.2. The number of rotatable bonds is 5. The Hall–Kier alpha value is -1.43. The van der Waals surface area contributed by atoms with E-state index in [4.69, 9.17) is 0 Å². The second-order valence-corrected chi connectivity index (χ2v) is 4.40. The monoisotopic (exact) mass is 237 g/mol. The van der Waals surface area contributed by atoms with Crippen LogP contribution in [0.5, 0.6) is 0 Å². The molecule has 1 aliphatic heterocycles. The van der Waals surface area contributed by atoms with E-state index in [1.807, 2.05) is 18.1 Å². The van der Waals surface area contributed by atoms with E-state index in [1.165, 1.54) is 0 Å². The lowest BCUT2D eigenvalue weighted by Gasteiger charge is -2.14. The summed E-state index contributed by atoms with van der Waals surface area (Å²) in [6.45, 7) is 3.24. The molecule has 1 N–H and O–H groups in total. The first-order valence-corrected chi connectivity index (χ1v) is 6.09. The van der Waals surface area contributed by atoms with Crippen LogP contribution in [-0.4, -0.2) is 45.4 Å². The predicted octanol–water partition coefficient (Wildman–Crippen LogP) is -0.0828. The lowest BCUT2D eigenvalue weighted by Crippen LogP contribution is -2.30. The minimum absolute atomic E-state index is 0.258. The molecule has 1 amide bonds. The van der Waals surface area contributed by atoms with E-state index in [1.54, 1.807) is 4.68 Å². The van der Waals surface area contributed by atoms with Gasteiger partial charge >= 0.3 is 0 Å². The smallest absolute Gasteiger partial charge is 0.223 e. The summed E-state index contributed by atoms with van der Waals surface area (Å²) in [7, 11) is 1.84. The van der Waals surface area contributed by atoms with Gasteiger partial charge in [-0.25, -0.2) is 0 Å². The van der Waals surface area contributed by atoms with E-state index in [-0.39, 0.29) is 5.91 Å². The van der Waals surface area contributed by atoms with Gasteiger partial charge < -0.3 is 10.2 Å². The Balaban J connectivity index is 1.61. The molecule has 2 heterocycles. The molecule has 6 heteroatoms.